The molecule has 2 rings (SSSR count). The monoisotopic (exact) mass is 304 g/mol. The first kappa shape index (κ1) is 17.3. The summed E-state index contributed by atoms with van der Waals surface area (Å²) in [5.74, 6) is -0.822. The lowest BCUT2D eigenvalue weighted by atomic mass is 10.0. The molecule has 2 aromatic rings. The van der Waals surface area contributed by atoms with Crippen LogP contribution in [0.4, 0.5) is 0 Å². The molecule has 0 aliphatic rings. The van der Waals surface area contributed by atoms with Gasteiger partial charge in [-0.05, 0) is 36.6 Å². The maximum absolute atomic E-state index is 10.9. The van der Waals surface area contributed by atoms with Crippen LogP contribution in [0.5, 0.6) is 0 Å². The van der Waals surface area contributed by atoms with Crippen molar-refractivity contribution >= 4 is 17.6 Å². The summed E-state index contributed by atoms with van der Waals surface area (Å²) >= 11 is 5.54. The molecule has 0 aromatic heterocycles. The number of unbranched alkanes of at least 4 members (excludes halogenated alkanes) is 2. The first-order valence-corrected chi connectivity index (χ1v) is 7.54. The standard InChI is InChI=1S/C12H16O2.C6H5Cl/c1-2-3-4-7-10-8-5-6-9-11(10)12(13)14;7-6-4-2-1-3-5-6/h5-6,8-9H,2-4,7H2,1H3,(H,13,14);1-5H. The summed E-state index contributed by atoms with van der Waals surface area (Å²) in [7, 11) is 0. The fraction of sp³-hybridized carbons (Fsp3) is 0.278. The summed E-state index contributed by atoms with van der Waals surface area (Å²) in [6, 6.07) is 16.7. The third-order valence-electron chi connectivity index (χ3n) is 3.03. The first-order valence-electron chi connectivity index (χ1n) is 7.17. The van der Waals surface area contributed by atoms with E-state index in [1.165, 1.54) is 0 Å². The number of hydrogen-bond donors (Lipinski definition) is 1. The Kier molecular flexibility index (Phi) is 8.22. The Hall–Kier alpha value is -1.80. The largest absolute Gasteiger partial charge is 0.478 e. The number of hydrogen-bond acceptors (Lipinski definition) is 1. The number of rotatable bonds is 5. The minimum atomic E-state index is -0.822. The zero-order valence-electron chi connectivity index (χ0n) is 12.3. The maximum atomic E-state index is 10.9. The number of benzene rings is 2. The van der Waals surface area contributed by atoms with Gasteiger partial charge < -0.3 is 5.11 Å². The summed E-state index contributed by atoms with van der Waals surface area (Å²) in [6.45, 7) is 2.14. The van der Waals surface area contributed by atoms with Gasteiger partial charge in [-0.2, -0.15) is 0 Å². The lowest BCUT2D eigenvalue weighted by Gasteiger charge is -2.04. The molecule has 0 aliphatic heterocycles. The average Bonchev–Trinajstić information content (AvgIpc) is 2.49. The number of carboxylic acids is 1. The Balaban J connectivity index is 0.000000262. The highest BCUT2D eigenvalue weighted by molar-refractivity contribution is 6.30. The molecule has 0 radical (unpaired) electrons. The molecule has 0 bridgehead atoms. The van der Waals surface area contributed by atoms with Crippen molar-refractivity contribution in [2.75, 3.05) is 0 Å². The van der Waals surface area contributed by atoms with Crippen molar-refractivity contribution in [2.45, 2.75) is 32.6 Å². The summed E-state index contributed by atoms with van der Waals surface area (Å²) < 4.78 is 0. The fourth-order valence-corrected chi connectivity index (χ4v) is 2.07. The Bertz CT molecular complexity index is 538. The molecular weight excluding hydrogens is 284 g/mol. The Morgan fingerprint density at radius 1 is 1.00 bits per heavy atom. The van der Waals surface area contributed by atoms with E-state index in [0.717, 1.165) is 36.3 Å². The molecule has 21 heavy (non-hydrogen) atoms. The number of carbonyl (C=O) groups is 1. The van der Waals surface area contributed by atoms with Crippen LogP contribution in [-0.2, 0) is 6.42 Å². The second-order valence-corrected chi connectivity index (χ2v) is 5.15. The molecule has 0 aliphatic carbocycles. The van der Waals surface area contributed by atoms with Gasteiger partial charge in [-0.25, -0.2) is 4.79 Å². The SMILES string of the molecule is CCCCCc1ccccc1C(=O)O.Clc1ccccc1. The third-order valence-corrected chi connectivity index (χ3v) is 3.28. The highest BCUT2D eigenvalue weighted by atomic mass is 35.5. The van der Waals surface area contributed by atoms with Crippen LogP contribution in [-0.4, -0.2) is 11.1 Å². The lowest BCUT2D eigenvalue weighted by Crippen LogP contribution is -2.01. The zero-order valence-corrected chi connectivity index (χ0v) is 13.0. The third kappa shape index (κ3) is 6.96. The summed E-state index contributed by atoms with van der Waals surface area (Å²) in [6.07, 6.45) is 4.26. The molecule has 1 N–H and O–H groups in total. The molecular formula is C18H21ClO2. The van der Waals surface area contributed by atoms with Crippen molar-refractivity contribution in [3.05, 3.63) is 70.7 Å². The normalized spacial score (nSPS) is 9.62. The molecule has 0 spiro atoms. The molecule has 0 saturated carbocycles. The van der Waals surface area contributed by atoms with Crippen LogP contribution < -0.4 is 0 Å². The van der Waals surface area contributed by atoms with Gasteiger partial charge in [-0.15, -0.1) is 0 Å². The lowest BCUT2D eigenvalue weighted by molar-refractivity contribution is 0.0695. The second-order valence-electron chi connectivity index (χ2n) is 4.71. The average molecular weight is 305 g/mol. The van der Waals surface area contributed by atoms with Gasteiger partial charge in [0.05, 0.1) is 5.56 Å². The van der Waals surface area contributed by atoms with Crippen LogP contribution >= 0.6 is 11.6 Å². The minimum Gasteiger partial charge on any atom is -0.478 e. The predicted octanol–water partition coefficient (Wildman–Crippen LogP) is 5.46. The van der Waals surface area contributed by atoms with Crippen molar-refractivity contribution in [3.63, 3.8) is 0 Å². The van der Waals surface area contributed by atoms with Crippen LogP contribution in [0.3, 0.4) is 0 Å². The smallest absolute Gasteiger partial charge is 0.335 e. The van der Waals surface area contributed by atoms with Gasteiger partial charge in [0, 0.05) is 5.02 Å². The van der Waals surface area contributed by atoms with E-state index in [9.17, 15) is 4.79 Å². The van der Waals surface area contributed by atoms with Crippen molar-refractivity contribution in [2.24, 2.45) is 0 Å². The van der Waals surface area contributed by atoms with Gasteiger partial charge >= 0.3 is 5.97 Å². The van der Waals surface area contributed by atoms with E-state index in [2.05, 4.69) is 6.92 Å². The van der Waals surface area contributed by atoms with Crippen LogP contribution in [0.25, 0.3) is 0 Å². The van der Waals surface area contributed by atoms with E-state index in [0.29, 0.717) is 5.56 Å². The van der Waals surface area contributed by atoms with Crippen LogP contribution in [0.1, 0.15) is 42.1 Å². The van der Waals surface area contributed by atoms with Gasteiger partial charge in [-0.3, -0.25) is 0 Å². The quantitative estimate of drug-likeness (QED) is 0.745. The minimum absolute atomic E-state index is 0.448. The molecule has 112 valence electrons. The van der Waals surface area contributed by atoms with Crippen molar-refractivity contribution < 1.29 is 9.90 Å². The van der Waals surface area contributed by atoms with Gasteiger partial charge in [0.15, 0.2) is 0 Å². The molecule has 0 heterocycles. The first-order chi connectivity index (χ1) is 10.1. The van der Waals surface area contributed by atoms with Crippen molar-refractivity contribution in [1.29, 1.82) is 0 Å². The van der Waals surface area contributed by atoms with Crippen LogP contribution in [0, 0.1) is 0 Å². The Morgan fingerprint density at radius 3 is 2.14 bits per heavy atom. The highest BCUT2D eigenvalue weighted by Gasteiger charge is 2.07. The van der Waals surface area contributed by atoms with E-state index in [1.54, 1.807) is 12.1 Å². The van der Waals surface area contributed by atoms with Gasteiger partial charge in [0.25, 0.3) is 0 Å². The molecule has 3 heteroatoms. The topological polar surface area (TPSA) is 37.3 Å². The van der Waals surface area contributed by atoms with Crippen molar-refractivity contribution in [1.82, 2.24) is 0 Å². The molecule has 2 aromatic carbocycles. The molecule has 0 saturated heterocycles. The number of aromatic carboxylic acids is 1. The number of halogens is 1. The molecule has 0 unspecified atom stereocenters. The fourth-order valence-electron chi connectivity index (χ4n) is 1.93. The number of aryl methyl sites for hydroxylation is 1. The summed E-state index contributed by atoms with van der Waals surface area (Å²) in [5, 5.41) is 9.72. The predicted molar refractivity (Wildman–Crippen MR) is 88.1 cm³/mol. The zero-order chi connectivity index (χ0) is 15.5. The Morgan fingerprint density at radius 2 is 1.62 bits per heavy atom. The maximum Gasteiger partial charge on any atom is 0.335 e. The van der Waals surface area contributed by atoms with Crippen LogP contribution in [0.2, 0.25) is 5.02 Å². The van der Waals surface area contributed by atoms with Gasteiger partial charge in [-0.1, -0.05) is 67.8 Å². The van der Waals surface area contributed by atoms with Gasteiger partial charge in [0.2, 0.25) is 0 Å². The molecule has 2 nitrogen and oxygen atoms in total. The molecule has 0 atom stereocenters. The summed E-state index contributed by atoms with van der Waals surface area (Å²) in [5.41, 5.74) is 1.40. The molecule has 0 amide bonds. The highest BCUT2D eigenvalue weighted by Crippen LogP contribution is 2.12. The van der Waals surface area contributed by atoms with E-state index >= 15 is 0 Å². The van der Waals surface area contributed by atoms with Crippen molar-refractivity contribution in [3.8, 4) is 0 Å². The van der Waals surface area contributed by atoms with E-state index in [4.69, 9.17) is 16.7 Å². The Labute approximate surface area is 131 Å². The van der Waals surface area contributed by atoms with Crippen LogP contribution in [0.15, 0.2) is 54.6 Å². The molecule has 0 fully saturated rings. The van der Waals surface area contributed by atoms with Gasteiger partial charge in [0.1, 0.15) is 0 Å². The van der Waals surface area contributed by atoms with E-state index in [1.807, 2.05) is 42.5 Å². The van der Waals surface area contributed by atoms with E-state index in [-0.39, 0.29) is 0 Å². The second kappa shape index (κ2) is 10.0. The van der Waals surface area contributed by atoms with E-state index < -0.39 is 5.97 Å². The summed E-state index contributed by atoms with van der Waals surface area (Å²) in [4.78, 5) is 10.9. The number of carboxylic acid groups (broad SMARTS) is 1.